The third-order valence-corrected chi connectivity index (χ3v) is 6.08. The summed E-state index contributed by atoms with van der Waals surface area (Å²) in [5.41, 5.74) is 2.98. The zero-order valence-corrected chi connectivity index (χ0v) is 18.9. The minimum absolute atomic E-state index is 0.233. The number of benzene rings is 2. The van der Waals surface area contributed by atoms with Crippen LogP contribution in [-0.4, -0.2) is 28.8 Å². The van der Waals surface area contributed by atoms with Gasteiger partial charge in [-0.2, -0.15) is 0 Å². The summed E-state index contributed by atoms with van der Waals surface area (Å²) < 4.78 is 4.47. The normalized spacial score (nSPS) is 11.7. The van der Waals surface area contributed by atoms with Crippen molar-refractivity contribution in [2.24, 2.45) is 7.05 Å². The number of hydrogen-bond donors (Lipinski definition) is 3. The number of aromatic nitrogens is 1. The first-order valence-electron chi connectivity index (χ1n) is 9.63. The smallest absolute Gasteiger partial charge is 0.325 e. The van der Waals surface area contributed by atoms with Gasteiger partial charge in [0.25, 0.3) is 5.91 Å². The average molecular weight is 459 g/mol. The predicted octanol–water partition coefficient (Wildman–Crippen LogP) is 4.68. The van der Waals surface area contributed by atoms with Gasteiger partial charge in [0.1, 0.15) is 12.0 Å². The molecule has 3 amide bonds. The molecule has 0 aliphatic heterocycles. The molecule has 9 heteroatoms. The van der Waals surface area contributed by atoms with Crippen molar-refractivity contribution in [1.29, 1.82) is 0 Å². The molecule has 0 spiro atoms. The van der Waals surface area contributed by atoms with Gasteiger partial charge in [-0.25, -0.2) is 4.79 Å². The van der Waals surface area contributed by atoms with Gasteiger partial charge in [-0.3, -0.25) is 9.52 Å². The standard InChI is InChI=1S/C22H23ClN4O3S/c1-13-4-9-18-17(20(13)23)12-19(27(18)3)21(29)25-15-5-7-16(8-6-15)31-26-22(30)24-14(2)10-11-28/h4-9,11-12,14H,10H2,1-3H3,(H,25,29)(H2,24,26,30). The molecule has 1 heterocycles. The highest BCUT2D eigenvalue weighted by Gasteiger charge is 2.16. The zero-order chi connectivity index (χ0) is 22.5. The Balaban J connectivity index is 1.62. The number of nitrogens with zero attached hydrogens (tertiary/aromatic N) is 1. The highest BCUT2D eigenvalue weighted by Crippen LogP contribution is 2.29. The number of carbonyl (C=O) groups is 3. The van der Waals surface area contributed by atoms with Crippen molar-refractivity contribution in [2.75, 3.05) is 5.32 Å². The van der Waals surface area contributed by atoms with Crippen LogP contribution >= 0.6 is 23.5 Å². The number of aldehydes is 1. The third kappa shape index (κ3) is 5.39. The van der Waals surface area contributed by atoms with E-state index in [2.05, 4.69) is 15.4 Å². The lowest BCUT2D eigenvalue weighted by atomic mass is 10.2. The van der Waals surface area contributed by atoms with E-state index in [1.165, 1.54) is 0 Å². The summed E-state index contributed by atoms with van der Waals surface area (Å²) in [6, 6.07) is 12.2. The van der Waals surface area contributed by atoms with E-state index in [4.69, 9.17) is 11.6 Å². The molecule has 162 valence electrons. The van der Waals surface area contributed by atoms with Gasteiger partial charge in [0.05, 0.1) is 5.02 Å². The van der Waals surface area contributed by atoms with Gasteiger partial charge in [-0.1, -0.05) is 17.7 Å². The van der Waals surface area contributed by atoms with Crippen LogP contribution in [0.2, 0.25) is 5.02 Å². The number of anilines is 1. The third-order valence-electron chi connectivity index (χ3n) is 4.79. The summed E-state index contributed by atoms with van der Waals surface area (Å²) in [7, 11) is 1.83. The molecule has 0 bridgehead atoms. The summed E-state index contributed by atoms with van der Waals surface area (Å²) in [4.78, 5) is 35.8. The summed E-state index contributed by atoms with van der Waals surface area (Å²) in [5, 5.41) is 7.03. The molecule has 1 atom stereocenters. The summed E-state index contributed by atoms with van der Waals surface area (Å²) >= 11 is 7.53. The first-order valence-corrected chi connectivity index (χ1v) is 10.8. The number of rotatable bonds is 7. The molecular weight excluding hydrogens is 436 g/mol. The largest absolute Gasteiger partial charge is 0.340 e. The van der Waals surface area contributed by atoms with Crippen LogP contribution in [0.4, 0.5) is 10.5 Å². The van der Waals surface area contributed by atoms with Crippen molar-refractivity contribution >= 4 is 58.4 Å². The molecule has 1 aromatic heterocycles. The number of aryl methyl sites for hydroxylation is 2. The molecule has 0 saturated heterocycles. The van der Waals surface area contributed by atoms with Crippen molar-refractivity contribution in [2.45, 2.75) is 31.2 Å². The molecule has 3 N–H and O–H groups in total. The van der Waals surface area contributed by atoms with E-state index in [0.717, 1.165) is 39.6 Å². The lowest BCUT2D eigenvalue weighted by Crippen LogP contribution is -2.38. The van der Waals surface area contributed by atoms with Gasteiger partial charge in [0.2, 0.25) is 0 Å². The van der Waals surface area contributed by atoms with Gasteiger partial charge in [0, 0.05) is 41.0 Å². The first kappa shape index (κ1) is 22.7. The van der Waals surface area contributed by atoms with E-state index in [-0.39, 0.29) is 24.4 Å². The van der Waals surface area contributed by atoms with E-state index in [0.29, 0.717) is 16.4 Å². The average Bonchev–Trinajstić information content (AvgIpc) is 3.07. The Morgan fingerprint density at radius 1 is 1.19 bits per heavy atom. The quantitative estimate of drug-likeness (QED) is 0.354. The monoisotopic (exact) mass is 458 g/mol. The second-order valence-corrected chi connectivity index (χ2v) is 8.43. The molecule has 7 nitrogen and oxygen atoms in total. The number of amides is 3. The fourth-order valence-corrected chi connectivity index (χ4v) is 3.82. The first-order chi connectivity index (χ1) is 14.8. The Hall–Kier alpha value is -2.97. The van der Waals surface area contributed by atoms with Crippen molar-refractivity contribution < 1.29 is 14.4 Å². The zero-order valence-electron chi connectivity index (χ0n) is 17.4. The van der Waals surface area contributed by atoms with Gasteiger partial charge in [-0.15, -0.1) is 0 Å². The fraction of sp³-hybridized carbons (Fsp3) is 0.227. The van der Waals surface area contributed by atoms with Crippen LogP contribution in [0.1, 0.15) is 29.4 Å². The van der Waals surface area contributed by atoms with Gasteiger partial charge < -0.3 is 20.0 Å². The summed E-state index contributed by atoms with van der Waals surface area (Å²) in [6.45, 7) is 3.68. The van der Waals surface area contributed by atoms with Crippen LogP contribution in [0, 0.1) is 6.92 Å². The molecule has 0 aliphatic rings. The number of carbonyl (C=O) groups excluding carboxylic acids is 3. The van der Waals surface area contributed by atoms with Gasteiger partial charge >= 0.3 is 6.03 Å². The summed E-state index contributed by atoms with van der Waals surface area (Å²) in [5.74, 6) is -0.241. The van der Waals surface area contributed by atoms with E-state index in [9.17, 15) is 14.4 Å². The Kier molecular flexibility index (Phi) is 7.25. The highest BCUT2D eigenvalue weighted by molar-refractivity contribution is 7.98. The number of hydrogen-bond acceptors (Lipinski definition) is 4. The van der Waals surface area contributed by atoms with Crippen molar-refractivity contribution in [1.82, 2.24) is 14.6 Å². The maximum absolute atomic E-state index is 12.8. The molecule has 3 rings (SSSR count). The second-order valence-electron chi connectivity index (χ2n) is 7.18. The van der Waals surface area contributed by atoms with Crippen molar-refractivity contribution in [3.05, 3.63) is 58.7 Å². The topological polar surface area (TPSA) is 92.2 Å². The number of halogens is 1. The SMILES string of the molecule is Cc1ccc2c(cc(C(=O)Nc3ccc(SNC(=O)NC(C)CC=O)cc3)n2C)c1Cl. The van der Waals surface area contributed by atoms with E-state index in [1.54, 1.807) is 37.3 Å². The second kappa shape index (κ2) is 9.89. The number of urea groups is 1. The molecule has 0 saturated carbocycles. The maximum Gasteiger partial charge on any atom is 0.325 e. The molecule has 0 fully saturated rings. The van der Waals surface area contributed by atoms with Crippen LogP contribution < -0.4 is 15.4 Å². The van der Waals surface area contributed by atoms with Crippen LogP contribution in [-0.2, 0) is 11.8 Å². The maximum atomic E-state index is 12.8. The lowest BCUT2D eigenvalue weighted by Gasteiger charge is -2.11. The molecule has 1 unspecified atom stereocenters. The Labute approximate surface area is 189 Å². The van der Waals surface area contributed by atoms with Crippen LogP contribution in [0.15, 0.2) is 47.4 Å². The number of fused-ring (bicyclic) bond motifs is 1. The molecule has 0 aliphatic carbocycles. The fourth-order valence-electron chi connectivity index (χ4n) is 3.07. The van der Waals surface area contributed by atoms with Crippen LogP contribution in [0.3, 0.4) is 0 Å². The Morgan fingerprint density at radius 2 is 1.90 bits per heavy atom. The molecule has 2 aromatic carbocycles. The Bertz CT molecular complexity index is 1130. The lowest BCUT2D eigenvalue weighted by molar-refractivity contribution is -0.108. The van der Waals surface area contributed by atoms with Crippen LogP contribution in [0.5, 0.6) is 0 Å². The van der Waals surface area contributed by atoms with E-state index in [1.807, 2.05) is 30.7 Å². The minimum Gasteiger partial charge on any atom is -0.340 e. The predicted molar refractivity (Wildman–Crippen MR) is 125 cm³/mol. The van der Waals surface area contributed by atoms with E-state index < -0.39 is 0 Å². The molecular formula is C22H23ClN4O3S. The molecule has 0 radical (unpaired) electrons. The minimum atomic E-state index is -0.374. The van der Waals surface area contributed by atoms with E-state index >= 15 is 0 Å². The number of nitrogens with one attached hydrogen (secondary N) is 3. The van der Waals surface area contributed by atoms with Crippen molar-refractivity contribution in [3.8, 4) is 0 Å². The molecule has 3 aromatic rings. The Morgan fingerprint density at radius 3 is 2.58 bits per heavy atom. The van der Waals surface area contributed by atoms with Crippen molar-refractivity contribution in [3.63, 3.8) is 0 Å². The highest BCUT2D eigenvalue weighted by atomic mass is 35.5. The molecule has 31 heavy (non-hydrogen) atoms. The van der Waals surface area contributed by atoms with Gasteiger partial charge in [0.15, 0.2) is 0 Å². The van der Waals surface area contributed by atoms with Crippen LogP contribution in [0.25, 0.3) is 10.9 Å². The van der Waals surface area contributed by atoms with Gasteiger partial charge in [-0.05, 0) is 67.8 Å². The summed E-state index contributed by atoms with van der Waals surface area (Å²) in [6.07, 6.45) is 1.02.